The van der Waals surface area contributed by atoms with Gasteiger partial charge >= 0.3 is 5.97 Å². The number of anilines is 2. The van der Waals surface area contributed by atoms with Crippen LogP contribution < -0.4 is 10.0 Å². The number of hydrogen-bond donors (Lipinski definition) is 3. The van der Waals surface area contributed by atoms with Crippen LogP contribution in [-0.2, 0) is 19.6 Å². The third-order valence-corrected chi connectivity index (χ3v) is 6.12. The molecule has 0 spiro atoms. The molecule has 1 heterocycles. The van der Waals surface area contributed by atoms with Crippen molar-refractivity contribution in [1.29, 1.82) is 0 Å². The molecule has 1 atom stereocenters. The quantitative estimate of drug-likeness (QED) is 0.437. The van der Waals surface area contributed by atoms with Crippen LogP contribution in [0.4, 0.5) is 11.6 Å². The Bertz CT molecular complexity index is 1230. The lowest BCUT2D eigenvalue weighted by Gasteiger charge is -2.15. The van der Waals surface area contributed by atoms with Gasteiger partial charge in [0.05, 0.1) is 11.3 Å². The number of carboxylic acids is 1. The molecule has 0 aliphatic carbocycles. The van der Waals surface area contributed by atoms with E-state index in [1.807, 2.05) is 6.07 Å². The summed E-state index contributed by atoms with van der Waals surface area (Å²) in [5, 5.41) is 11.9. The maximum absolute atomic E-state index is 12.6. The van der Waals surface area contributed by atoms with Gasteiger partial charge in [0.15, 0.2) is 0 Å². The third-order valence-electron chi connectivity index (χ3n) is 4.78. The van der Waals surface area contributed by atoms with E-state index < -0.39 is 21.9 Å². The molecule has 0 saturated heterocycles. The molecule has 0 radical (unpaired) electrons. The van der Waals surface area contributed by atoms with Gasteiger partial charge in [-0.1, -0.05) is 30.3 Å². The number of aliphatic carboxylic acids is 1. The van der Waals surface area contributed by atoms with Crippen molar-refractivity contribution in [3.05, 3.63) is 77.6 Å². The van der Waals surface area contributed by atoms with Gasteiger partial charge < -0.3 is 10.4 Å². The molecule has 0 aliphatic rings. The van der Waals surface area contributed by atoms with Gasteiger partial charge in [-0.2, -0.15) is 0 Å². The zero-order valence-electron chi connectivity index (χ0n) is 18.1. The van der Waals surface area contributed by atoms with E-state index in [4.69, 9.17) is 0 Å². The Morgan fingerprint density at radius 3 is 2.12 bits per heavy atom. The molecular formula is C23H24N4O5S. The highest BCUT2D eigenvalue weighted by atomic mass is 32.2. The SMILES string of the molecule is Cc1cc(C)nc(NS(=O)(=O)c2ccc(NC(=O)C[C@@H](CC(=O)O)c3ccccc3)cc2)n1. The van der Waals surface area contributed by atoms with Gasteiger partial charge in [0.2, 0.25) is 11.9 Å². The van der Waals surface area contributed by atoms with Gasteiger partial charge in [-0.15, -0.1) is 0 Å². The predicted octanol–water partition coefficient (Wildman–Crippen LogP) is 3.48. The second-order valence-electron chi connectivity index (χ2n) is 7.56. The van der Waals surface area contributed by atoms with Gasteiger partial charge in [-0.3, -0.25) is 9.59 Å². The van der Waals surface area contributed by atoms with Crippen LogP contribution in [0.2, 0.25) is 0 Å². The van der Waals surface area contributed by atoms with E-state index in [0.29, 0.717) is 17.1 Å². The standard InChI is InChI=1S/C23H24N4O5S/c1-15-12-16(2)25-23(24-15)27-33(31,32)20-10-8-19(9-11-20)26-21(28)13-18(14-22(29)30)17-6-4-3-5-7-17/h3-12,18H,13-14H2,1-2H3,(H,26,28)(H,29,30)(H,24,25,27)/t18-/m0/s1. The summed E-state index contributed by atoms with van der Waals surface area (Å²) in [5.41, 5.74) is 2.42. The minimum Gasteiger partial charge on any atom is -0.481 e. The van der Waals surface area contributed by atoms with Gasteiger partial charge in [0.1, 0.15) is 0 Å². The van der Waals surface area contributed by atoms with E-state index in [0.717, 1.165) is 5.56 Å². The Labute approximate surface area is 192 Å². The van der Waals surface area contributed by atoms with E-state index >= 15 is 0 Å². The maximum atomic E-state index is 12.6. The van der Waals surface area contributed by atoms with Crippen LogP contribution >= 0.6 is 0 Å². The van der Waals surface area contributed by atoms with Crippen LogP contribution in [0.15, 0.2) is 65.6 Å². The van der Waals surface area contributed by atoms with Crippen LogP contribution in [-0.4, -0.2) is 35.4 Å². The van der Waals surface area contributed by atoms with Gasteiger partial charge in [0, 0.05) is 29.4 Å². The molecule has 2 aromatic carbocycles. The molecule has 1 aromatic heterocycles. The number of nitrogens with one attached hydrogen (secondary N) is 2. The highest BCUT2D eigenvalue weighted by Gasteiger charge is 2.20. The average Bonchev–Trinajstić information content (AvgIpc) is 2.73. The molecule has 3 rings (SSSR count). The number of carbonyl (C=O) groups excluding carboxylic acids is 1. The van der Waals surface area contributed by atoms with E-state index in [1.165, 1.54) is 24.3 Å². The van der Waals surface area contributed by atoms with Crippen LogP contribution in [0.1, 0.15) is 35.7 Å². The first-order chi connectivity index (χ1) is 15.6. The molecule has 0 bridgehead atoms. The number of sulfonamides is 1. The minimum atomic E-state index is -3.91. The summed E-state index contributed by atoms with van der Waals surface area (Å²) >= 11 is 0. The molecular weight excluding hydrogens is 444 g/mol. The fraction of sp³-hybridized carbons (Fsp3) is 0.217. The van der Waals surface area contributed by atoms with Crippen molar-refractivity contribution in [2.24, 2.45) is 0 Å². The summed E-state index contributed by atoms with van der Waals surface area (Å²) in [6.45, 7) is 3.48. The van der Waals surface area contributed by atoms with Crippen LogP contribution in [0.25, 0.3) is 0 Å². The van der Waals surface area contributed by atoms with Gasteiger partial charge in [-0.25, -0.2) is 23.1 Å². The number of hydrogen-bond acceptors (Lipinski definition) is 6. The number of aromatic nitrogens is 2. The molecule has 10 heteroatoms. The summed E-state index contributed by atoms with van der Waals surface area (Å²) in [6.07, 6.45) is -0.206. The number of nitrogens with zero attached hydrogens (tertiary/aromatic N) is 2. The van der Waals surface area contributed by atoms with E-state index in [1.54, 1.807) is 44.2 Å². The summed E-state index contributed by atoms with van der Waals surface area (Å²) in [6, 6.07) is 16.3. The van der Waals surface area contributed by atoms with Crippen LogP contribution in [0, 0.1) is 13.8 Å². The van der Waals surface area contributed by atoms with Crippen molar-refractivity contribution in [1.82, 2.24) is 9.97 Å². The normalized spacial score (nSPS) is 12.1. The van der Waals surface area contributed by atoms with E-state index in [-0.39, 0.29) is 29.6 Å². The molecule has 1 amide bonds. The molecule has 3 N–H and O–H groups in total. The number of amides is 1. The highest BCUT2D eigenvalue weighted by Crippen LogP contribution is 2.24. The van der Waals surface area contributed by atoms with E-state index in [2.05, 4.69) is 20.0 Å². The highest BCUT2D eigenvalue weighted by molar-refractivity contribution is 7.92. The molecule has 0 fully saturated rings. The fourth-order valence-electron chi connectivity index (χ4n) is 3.35. The number of carboxylic acid groups (broad SMARTS) is 1. The predicted molar refractivity (Wildman–Crippen MR) is 123 cm³/mol. The summed E-state index contributed by atoms with van der Waals surface area (Å²) in [7, 11) is -3.91. The molecule has 3 aromatic rings. The Kier molecular flexibility index (Phi) is 7.39. The van der Waals surface area contributed by atoms with Gasteiger partial charge in [0.25, 0.3) is 10.0 Å². The first kappa shape index (κ1) is 23.9. The molecule has 9 nitrogen and oxygen atoms in total. The largest absolute Gasteiger partial charge is 0.481 e. The second kappa shape index (κ2) is 10.2. The van der Waals surface area contributed by atoms with Crippen LogP contribution in [0.3, 0.4) is 0 Å². The van der Waals surface area contributed by atoms with Crippen molar-refractivity contribution in [2.45, 2.75) is 37.5 Å². The Morgan fingerprint density at radius 1 is 0.939 bits per heavy atom. The average molecular weight is 469 g/mol. The topological polar surface area (TPSA) is 138 Å². The van der Waals surface area contributed by atoms with Crippen molar-refractivity contribution in [2.75, 3.05) is 10.0 Å². The number of carbonyl (C=O) groups is 2. The summed E-state index contributed by atoms with van der Waals surface area (Å²) in [4.78, 5) is 31.9. The smallest absolute Gasteiger partial charge is 0.303 e. The summed E-state index contributed by atoms with van der Waals surface area (Å²) in [5.74, 6) is -1.87. The lowest BCUT2D eigenvalue weighted by Crippen LogP contribution is -2.18. The van der Waals surface area contributed by atoms with Gasteiger partial charge in [-0.05, 0) is 49.7 Å². The zero-order valence-corrected chi connectivity index (χ0v) is 19.0. The number of aryl methyl sites for hydroxylation is 2. The Balaban J connectivity index is 1.67. The molecule has 0 saturated carbocycles. The molecule has 0 aliphatic heterocycles. The van der Waals surface area contributed by atoms with Crippen LogP contribution in [0.5, 0.6) is 0 Å². The molecule has 172 valence electrons. The lowest BCUT2D eigenvalue weighted by molar-refractivity contribution is -0.137. The monoisotopic (exact) mass is 468 g/mol. The van der Waals surface area contributed by atoms with Crippen molar-refractivity contribution < 1.29 is 23.1 Å². The first-order valence-corrected chi connectivity index (χ1v) is 11.6. The number of benzene rings is 2. The second-order valence-corrected chi connectivity index (χ2v) is 9.24. The fourth-order valence-corrected chi connectivity index (χ4v) is 4.29. The summed E-state index contributed by atoms with van der Waals surface area (Å²) < 4.78 is 27.6. The van der Waals surface area contributed by atoms with E-state index in [9.17, 15) is 23.1 Å². The van der Waals surface area contributed by atoms with Crippen molar-refractivity contribution in [3.63, 3.8) is 0 Å². The minimum absolute atomic E-state index is 0.0173. The van der Waals surface area contributed by atoms with Crippen molar-refractivity contribution >= 4 is 33.5 Å². The first-order valence-electron chi connectivity index (χ1n) is 10.1. The Morgan fingerprint density at radius 2 is 1.55 bits per heavy atom. The number of rotatable bonds is 9. The molecule has 0 unspecified atom stereocenters. The maximum Gasteiger partial charge on any atom is 0.303 e. The lowest BCUT2D eigenvalue weighted by atomic mass is 9.92. The third kappa shape index (κ3) is 6.84. The Hall–Kier alpha value is -3.79. The van der Waals surface area contributed by atoms with Crippen molar-refractivity contribution in [3.8, 4) is 0 Å². The molecule has 33 heavy (non-hydrogen) atoms. The zero-order chi connectivity index (χ0) is 24.0.